The second-order valence-corrected chi connectivity index (χ2v) is 7.32. The Labute approximate surface area is 176 Å². The van der Waals surface area contributed by atoms with Crippen LogP contribution < -0.4 is 4.90 Å². The van der Waals surface area contributed by atoms with Crippen molar-refractivity contribution in [2.45, 2.75) is 0 Å². The van der Waals surface area contributed by atoms with Crippen molar-refractivity contribution in [2.24, 2.45) is 0 Å². The Hall–Kier alpha value is -3.17. The lowest BCUT2D eigenvalue weighted by atomic mass is 10.0. The number of benzene rings is 2. The molecule has 2 aromatic rings. The van der Waals surface area contributed by atoms with Gasteiger partial charge < -0.3 is 10.0 Å². The predicted octanol–water partition coefficient (Wildman–Crippen LogP) is 2.00. The molecule has 0 atom stereocenters. The van der Waals surface area contributed by atoms with Crippen LogP contribution in [0.15, 0.2) is 48.2 Å². The number of carbonyl (C=O) groups excluding carboxylic acids is 2. The van der Waals surface area contributed by atoms with E-state index >= 15 is 0 Å². The highest BCUT2D eigenvalue weighted by atomic mass is 19.1. The summed E-state index contributed by atoms with van der Waals surface area (Å²) in [7, 11) is 0. The first kappa shape index (κ1) is 21.1. The van der Waals surface area contributed by atoms with Crippen LogP contribution in [-0.4, -0.2) is 66.1 Å². The summed E-state index contributed by atoms with van der Waals surface area (Å²) in [6, 6.07) is 7.65. The van der Waals surface area contributed by atoms with Gasteiger partial charge in [-0.2, -0.15) is 0 Å². The Kier molecular flexibility index (Phi) is 5.79. The lowest BCUT2D eigenvalue weighted by molar-refractivity contribution is -0.120. The standard InChI is InChI=1S/C22H20F3N3O3/c23-15-3-1-14(2-4-15)19-20(27-9-7-26(8-10-27)11-12-29)22(31)28(21(19)30)18-13-16(24)5-6-17(18)25/h1-6,13,29H,7-12H2. The molecule has 2 aliphatic rings. The second-order valence-electron chi connectivity index (χ2n) is 7.32. The Bertz CT molecular complexity index is 1050. The number of aliphatic hydroxyl groups excluding tert-OH is 1. The van der Waals surface area contributed by atoms with Gasteiger partial charge in [0.2, 0.25) is 0 Å². The van der Waals surface area contributed by atoms with Crippen molar-refractivity contribution in [3.63, 3.8) is 0 Å². The van der Waals surface area contributed by atoms with Crippen molar-refractivity contribution < 1.29 is 27.9 Å². The molecule has 2 amide bonds. The molecule has 1 N–H and O–H groups in total. The molecule has 9 heteroatoms. The minimum absolute atomic E-state index is 0.00751. The Balaban J connectivity index is 1.77. The summed E-state index contributed by atoms with van der Waals surface area (Å²) in [5.41, 5.74) is -0.0661. The number of hydrogen-bond acceptors (Lipinski definition) is 5. The maximum Gasteiger partial charge on any atom is 0.282 e. The zero-order chi connectivity index (χ0) is 22.1. The first-order chi connectivity index (χ1) is 14.9. The van der Waals surface area contributed by atoms with Crippen molar-refractivity contribution in [1.82, 2.24) is 9.80 Å². The van der Waals surface area contributed by atoms with Gasteiger partial charge in [0.1, 0.15) is 23.1 Å². The van der Waals surface area contributed by atoms with E-state index in [1.165, 1.54) is 24.3 Å². The van der Waals surface area contributed by atoms with E-state index in [9.17, 15) is 22.8 Å². The van der Waals surface area contributed by atoms with Crippen molar-refractivity contribution in [3.8, 4) is 0 Å². The van der Waals surface area contributed by atoms with Crippen LogP contribution in [0.1, 0.15) is 5.56 Å². The summed E-state index contributed by atoms with van der Waals surface area (Å²) in [4.78, 5) is 31.0. The van der Waals surface area contributed by atoms with E-state index in [-0.39, 0.29) is 17.9 Å². The molecule has 0 bridgehead atoms. The van der Waals surface area contributed by atoms with Crippen LogP contribution in [0.25, 0.3) is 5.57 Å². The third-order valence-corrected chi connectivity index (χ3v) is 5.45. The molecule has 1 fully saturated rings. The molecule has 1 saturated heterocycles. The van der Waals surface area contributed by atoms with E-state index < -0.39 is 35.0 Å². The summed E-state index contributed by atoms with van der Waals surface area (Å²) in [6.07, 6.45) is 0. The molecular formula is C22H20F3N3O3. The van der Waals surface area contributed by atoms with Gasteiger partial charge >= 0.3 is 0 Å². The zero-order valence-electron chi connectivity index (χ0n) is 16.5. The molecule has 2 aliphatic heterocycles. The maximum atomic E-state index is 14.4. The number of β-amino-alcohol motifs (C(OH)–C–C–N with tert-alkyl or cyclic N) is 1. The topological polar surface area (TPSA) is 64.1 Å². The highest BCUT2D eigenvalue weighted by molar-refractivity contribution is 6.45. The van der Waals surface area contributed by atoms with E-state index in [1.807, 2.05) is 4.90 Å². The highest BCUT2D eigenvalue weighted by Crippen LogP contribution is 2.36. The van der Waals surface area contributed by atoms with Crippen molar-refractivity contribution in [1.29, 1.82) is 0 Å². The molecule has 0 aliphatic carbocycles. The van der Waals surface area contributed by atoms with Gasteiger partial charge in [0.15, 0.2) is 0 Å². The van der Waals surface area contributed by atoms with Gasteiger partial charge in [-0.05, 0) is 29.8 Å². The highest BCUT2D eigenvalue weighted by Gasteiger charge is 2.44. The van der Waals surface area contributed by atoms with Crippen LogP contribution in [0.3, 0.4) is 0 Å². The molecule has 2 aromatic carbocycles. The smallest absolute Gasteiger partial charge is 0.282 e. The van der Waals surface area contributed by atoms with Crippen LogP contribution >= 0.6 is 0 Å². The minimum Gasteiger partial charge on any atom is -0.395 e. The van der Waals surface area contributed by atoms with Crippen LogP contribution in [0.5, 0.6) is 0 Å². The number of hydrogen-bond donors (Lipinski definition) is 1. The normalized spacial score (nSPS) is 17.8. The molecular weight excluding hydrogens is 411 g/mol. The molecule has 0 saturated carbocycles. The van der Waals surface area contributed by atoms with E-state index in [4.69, 9.17) is 5.11 Å². The van der Waals surface area contributed by atoms with Gasteiger partial charge in [-0.25, -0.2) is 18.1 Å². The van der Waals surface area contributed by atoms with Crippen LogP contribution in [0.4, 0.5) is 18.9 Å². The van der Waals surface area contributed by atoms with Crippen molar-refractivity contribution in [2.75, 3.05) is 44.2 Å². The van der Waals surface area contributed by atoms with Gasteiger partial charge in [0, 0.05) is 38.8 Å². The van der Waals surface area contributed by atoms with Gasteiger partial charge in [-0.1, -0.05) is 12.1 Å². The molecule has 0 radical (unpaired) electrons. The number of piperazine rings is 1. The maximum absolute atomic E-state index is 14.4. The summed E-state index contributed by atoms with van der Waals surface area (Å²) in [6.45, 7) is 2.41. The zero-order valence-corrected chi connectivity index (χ0v) is 16.5. The number of amides is 2. The largest absolute Gasteiger partial charge is 0.395 e. The molecule has 31 heavy (non-hydrogen) atoms. The quantitative estimate of drug-likeness (QED) is 0.734. The number of imide groups is 1. The summed E-state index contributed by atoms with van der Waals surface area (Å²) < 4.78 is 41.7. The van der Waals surface area contributed by atoms with Crippen LogP contribution in [-0.2, 0) is 9.59 Å². The number of aliphatic hydroxyl groups is 1. The van der Waals surface area contributed by atoms with Gasteiger partial charge in [0.05, 0.1) is 17.9 Å². The summed E-state index contributed by atoms with van der Waals surface area (Å²) >= 11 is 0. The third-order valence-electron chi connectivity index (χ3n) is 5.45. The number of rotatable bonds is 5. The lowest BCUT2D eigenvalue weighted by Crippen LogP contribution is -2.48. The fourth-order valence-corrected chi connectivity index (χ4v) is 3.90. The number of halogens is 3. The number of nitrogens with zero attached hydrogens (tertiary/aromatic N) is 3. The molecule has 0 aromatic heterocycles. The van der Waals surface area contributed by atoms with Crippen molar-refractivity contribution >= 4 is 23.1 Å². The Morgan fingerprint density at radius 2 is 1.48 bits per heavy atom. The van der Waals surface area contributed by atoms with E-state index in [0.717, 1.165) is 18.2 Å². The van der Waals surface area contributed by atoms with Crippen molar-refractivity contribution in [3.05, 3.63) is 71.2 Å². The van der Waals surface area contributed by atoms with E-state index in [0.29, 0.717) is 43.2 Å². The Morgan fingerprint density at radius 1 is 0.839 bits per heavy atom. The molecule has 162 valence electrons. The average Bonchev–Trinajstić information content (AvgIpc) is 3.01. The molecule has 0 unspecified atom stereocenters. The van der Waals surface area contributed by atoms with Gasteiger partial charge in [-0.3, -0.25) is 14.5 Å². The van der Waals surface area contributed by atoms with Crippen LogP contribution in [0, 0.1) is 17.5 Å². The minimum atomic E-state index is -0.907. The molecule has 0 spiro atoms. The number of anilines is 1. The Morgan fingerprint density at radius 3 is 2.13 bits per heavy atom. The first-order valence-corrected chi connectivity index (χ1v) is 9.83. The monoisotopic (exact) mass is 431 g/mol. The van der Waals surface area contributed by atoms with Gasteiger partial charge in [-0.15, -0.1) is 0 Å². The molecule has 4 rings (SSSR count). The summed E-state index contributed by atoms with van der Waals surface area (Å²) in [5, 5.41) is 9.13. The predicted molar refractivity (Wildman–Crippen MR) is 107 cm³/mol. The molecule has 2 heterocycles. The van der Waals surface area contributed by atoms with Gasteiger partial charge in [0.25, 0.3) is 11.8 Å². The molecule has 6 nitrogen and oxygen atoms in total. The second kappa shape index (κ2) is 8.52. The number of carbonyl (C=O) groups is 2. The van der Waals surface area contributed by atoms with E-state index in [1.54, 1.807) is 4.90 Å². The average molecular weight is 431 g/mol. The van der Waals surface area contributed by atoms with Crippen LogP contribution in [0.2, 0.25) is 0 Å². The van der Waals surface area contributed by atoms with E-state index in [2.05, 4.69) is 0 Å². The lowest BCUT2D eigenvalue weighted by Gasteiger charge is -2.36. The third kappa shape index (κ3) is 3.94. The fourth-order valence-electron chi connectivity index (χ4n) is 3.90. The fraction of sp³-hybridized carbons (Fsp3) is 0.273. The first-order valence-electron chi connectivity index (χ1n) is 9.83. The summed E-state index contributed by atoms with van der Waals surface area (Å²) in [5.74, 6) is -3.76. The SMILES string of the molecule is O=C1C(c2ccc(F)cc2)=C(N2CCN(CCO)CC2)C(=O)N1c1cc(F)ccc1F.